The monoisotopic (exact) mass is 403 g/mol. The van der Waals surface area contributed by atoms with Crippen LogP contribution >= 0.6 is 0 Å². The highest BCUT2D eigenvalue weighted by Gasteiger charge is 2.33. The van der Waals surface area contributed by atoms with Gasteiger partial charge >= 0.3 is 5.97 Å². The van der Waals surface area contributed by atoms with E-state index in [0.29, 0.717) is 43.0 Å². The van der Waals surface area contributed by atoms with E-state index in [2.05, 4.69) is 39.1 Å². The molecule has 6 heteroatoms. The molecule has 0 fully saturated rings. The van der Waals surface area contributed by atoms with E-state index in [1.54, 1.807) is 6.07 Å². The SMILES string of the molecule is CCOC(=O)[C@@H](Cc1nc2ccc(F)cc2[nH]1)N1Cc2cc3ccccc3cc2C1. The zero-order valence-corrected chi connectivity index (χ0v) is 16.7. The number of aromatic amines is 1. The van der Waals surface area contributed by atoms with E-state index in [0.717, 1.165) is 0 Å². The molecule has 5 rings (SSSR count). The van der Waals surface area contributed by atoms with E-state index in [1.807, 2.05) is 19.1 Å². The van der Waals surface area contributed by atoms with Crippen molar-refractivity contribution in [2.45, 2.75) is 32.5 Å². The number of ether oxygens (including phenoxy) is 1. The van der Waals surface area contributed by atoms with Crippen molar-refractivity contribution < 1.29 is 13.9 Å². The molecule has 0 spiro atoms. The highest BCUT2D eigenvalue weighted by atomic mass is 19.1. The van der Waals surface area contributed by atoms with Crippen LogP contribution in [0.4, 0.5) is 4.39 Å². The van der Waals surface area contributed by atoms with E-state index in [4.69, 9.17) is 4.74 Å². The molecule has 0 unspecified atom stereocenters. The second kappa shape index (κ2) is 7.54. The quantitative estimate of drug-likeness (QED) is 0.504. The first kappa shape index (κ1) is 18.8. The highest BCUT2D eigenvalue weighted by molar-refractivity contribution is 5.84. The van der Waals surface area contributed by atoms with Crippen LogP contribution in [-0.4, -0.2) is 33.5 Å². The summed E-state index contributed by atoms with van der Waals surface area (Å²) in [5, 5.41) is 2.40. The lowest BCUT2D eigenvalue weighted by molar-refractivity contribution is -0.149. The molecule has 0 saturated heterocycles. The van der Waals surface area contributed by atoms with E-state index in [-0.39, 0.29) is 11.8 Å². The summed E-state index contributed by atoms with van der Waals surface area (Å²) in [5.74, 6) is 0.0676. The number of rotatable bonds is 5. The number of fused-ring (bicyclic) bond motifs is 3. The number of nitrogens with zero attached hydrogens (tertiary/aromatic N) is 2. The Bertz CT molecular complexity index is 1210. The standard InChI is InChI=1S/C24H22FN3O2/c1-2-30-24(29)22(12-23-26-20-8-7-19(25)11-21(20)27-23)28-13-17-9-15-5-3-4-6-16(15)10-18(17)14-28/h3-11,22H,2,12-14H2,1H3,(H,26,27)/t22-/m1/s1. The Balaban J connectivity index is 1.44. The number of hydrogen-bond acceptors (Lipinski definition) is 4. The van der Waals surface area contributed by atoms with Gasteiger partial charge in [0.1, 0.15) is 17.7 Å². The van der Waals surface area contributed by atoms with E-state index < -0.39 is 6.04 Å². The average Bonchev–Trinajstić information content (AvgIpc) is 3.32. The van der Waals surface area contributed by atoms with Crippen LogP contribution in [-0.2, 0) is 29.0 Å². The maximum absolute atomic E-state index is 13.5. The van der Waals surface area contributed by atoms with Gasteiger partial charge in [-0.2, -0.15) is 0 Å². The number of halogens is 1. The third-order valence-corrected chi connectivity index (χ3v) is 5.69. The Morgan fingerprint density at radius 1 is 1.13 bits per heavy atom. The molecule has 5 nitrogen and oxygen atoms in total. The van der Waals surface area contributed by atoms with Crippen LogP contribution in [0.1, 0.15) is 23.9 Å². The van der Waals surface area contributed by atoms with Gasteiger partial charge in [0.25, 0.3) is 0 Å². The van der Waals surface area contributed by atoms with Gasteiger partial charge in [-0.1, -0.05) is 24.3 Å². The van der Waals surface area contributed by atoms with Crippen molar-refractivity contribution in [1.82, 2.24) is 14.9 Å². The number of esters is 1. The number of nitrogens with one attached hydrogen (secondary N) is 1. The van der Waals surface area contributed by atoms with E-state index in [9.17, 15) is 9.18 Å². The van der Waals surface area contributed by atoms with Gasteiger partial charge in [-0.25, -0.2) is 9.37 Å². The minimum Gasteiger partial charge on any atom is -0.465 e. The van der Waals surface area contributed by atoms with Crippen LogP contribution in [0.2, 0.25) is 0 Å². The second-order valence-corrected chi connectivity index (χ2v) is 7.69. The van der Waals surface area contributed by atoms with Gasteiger partial charge in [0.15, 0.2) is 0 Å². The number of carbonyl (C=O) groups excluding carboxylic acids is 1. The molecule has 152 valence electrons. The Labute approximate surface area is 173 Å². The van der Waals surface area contributed by atoms with Crippen molar-refractivity contribution in [3.05, 3.63) is 77.4 Å². The Morgan fingerprint density at radius 2 is 1.83 bits per heavy atom. The molecule has 1 aromatic heterocycles. The molecule has 0 amide bonds. The minimum absolute atomic E-state index is 0.263. The number of carbonyl (C=O) groups is 1. The number of H-pyrrole nitrogens is 1. The van der Waals surface area contributed by atoms with Crippen LogP contribution in [0, 0.1) is 5.82 Å². The summed E-state index contributed by atoms with van der Waals surface area (Å²) < 4.78 is 18.9. The first-order valence-corrected chi connectivity index (χ1v) is 10.2. The van der Waals surface area contributed by atoms with Gasteiger partial charge in [-0.3, -0.25) is 9.69 Å². The lowest BCUT2D eigenvalue weighted by Crippen LogP contribution is -2.41. The number of imidazole rings is 1. The van der Waals surface area contributed by atoms with Gasteiger partial charge in [0.05, 0.1) is 17.6 Å². The summed E-state index contributed by atoms with van der Waals surface area (Å²) in [4.78, 5) is 22.7. The minimum atomic E-state index is -0.467. The molecule has 1 aliphatic heterocycles. The molecule has 0 aliphatic carbocycles. The van der Waals surface area contributed by atoms with E-state index >= 15 is 0 Å². The first-order chi connectivity index (χ1) is 14.6. The number of aromatic nitrogens is 2. The topological polar surface area (TPSA) is 58.2 Å². The summed E-state index contributed by atoms with van der Waals surface area (Å²) in [6.07, 6.45) is 0.378. The molecular formula is C24H22FN3O2. The summed E-state index contributed by atoms with van der Waals surface area (Å²) in [5.41, 5.74) is 3.78. The summed E-state index contributed by atoms with van der Waals surface area (Å²) >= 11 is 0. The molecule has 3 aromatic carbocycles. The van der Waals surface area contributed by atoms with Gasteiger partial charge in [0.2, 0.25) is 0 Å². The van der Waals surface area contributed by atoms with Gasteiger partial charge in [-0.05, 0) is 59.2 Å². The molecular weight excluding hydrogens is 381 g/mol. The van der Waals surface area contributed by atoms with Gasteiger partial charge in [0, 0.05) is 19.5 Å². The van der Waals surface area contributed by atoms with Crippen LogP contribution < -0.4 is 0 Å². The van der Waals surface area contributed by atoms with Crippen molar-refractivity contribution in [2.24, 2.45) is 0 Å². The maximum Gasteiger partial charge on any atom is 0.323 e. The highest BCUT2D eigenvalue weighted by Crippen LogP contribution is 2.30. The fraction of sp³-hybridized carbons (Fsp3) is 0.250. The van der Waals surface area contributed by atoms with Crippen LogP contribution in [0.5, 0.6) is 0 Å². The molecule has 1 N–H and O–H groups in total. The lowest BCUT2D eigenvalue weighted by atomic mass is 10.0. The van der Waals surface area contributed by atoms with E-state index in [1.165, 1.54) is 34.0 Å². The number of hydrogen-bond donors (Lipinski definition) is 1. The lowest BCUT2D eigenvalue weighted by Gasteiger charge is -2.25. The normalized spacial score (nSPS) is 14.9. The van der Waals surface area contributed by atoms with Crippen molar-refractivity contribution >= 4 is 27.8 Å². The van der Waals surface area contributed by atoms with Crippen LogP contribution in [0.3, 0.4) is 0 Å². The molecule has 2 heterocycles. The zero-order valence-electron chi connectivity index (χ0n) is 16.7. The van der Waals surface area contributed by atoms with Crippen molar-refractivity contribution in [1.29, 1.82) is 0 Å². The summed E-state index contributed by atoms with van der Waals surface area (Å²) in [6.45, 7) is 3.49. The molecule has 30 heavy (non-hydrogen) atoms. The maximum atomic E-state index is 13.5. The predicted molar refractivity (Wildman–Crippen MR) is 113 cm³/mol. The molecule has 1 aliphatic rings. The van der Waals surface area contributed by atoms with Crippen molar-refractivity contribution in [3.63, 3.8) is 0 Å². The van der Waals surface area contributed by atoms with Crippen LogP contribution in [0.15, 0.2) is 54.6 Å². The smallest absolute Gasteiger partial charge is 0.323 e. The fourth-order valence-electron chi connectivity index (χ4n) is 4.26. The summed E-state index contributed by atoms with van der Waals surface area (Å²) in [7, 11) is 0. The number of benzene rings is 3. The van der Waals surface area contributed by atoms with Crippen LogP contribution in [0.25, 0.3) is 21.8 Å². The van der Waals surface area contributed by atoms with Crippen molar-refractivity contribution in [3.8, 4) is 0 Å². The summed E-state index contributed by atoms with van der Waals surface area (Å²) in [6, 6.07) is 16.7. The predicted octanol–water partition coefficient (Wildman–Crippen LogP) is 4.35. The molecule has 0 bridgehead atoms. The first-order valence-electron chi connectivity index (χ1n) is 10.2. The third-order valence-electron chi connectivity index (χ3n) is 5.69. The Morgan fingerprint density at radius 3 is 2.50 bits per heavy atom. The second-order valence-electron chi connectivity index (χ2n) is 7.69. The molecule has 4 aromatic rings. The Hall–Kier alpha value is -3.25. The Kier molecular flexibility index (Phi) is 4.71. The molecule has 0 radical (unpaired) electrons. The largest absolute Gasteiger partial charge is 0.465 e. The van der Waals surface area contributed by atoms with Gasteiger partial charge in [-0.15, -0.1) is 0 Å². The fourth-order valence-corrected chi connectivity index (χ4v) is 4.26. The molecule has 1 atom stereocenters. The zero-order chi connectivity index (χ0) is 20.7. The molecule has 0 saturated carbocycles. The van der Waals surface area contributed by atoms with Gasteiger partial charge < -0.3 is 9.72 Å². The third kappa shape index (κ3) is 3.44. The average molecular weight is 403 g/mol. The van der Waals surface area contributed by atoms with Crippen molar-refractivity contribution in [2.75, 3.05) is 6.61 Å².